The number of hydrogen-bond donors (Lipinski definition) is 2. The van der Waals surface area contributed by atoms with Gasteiger partial charge in [-0.25, -0.2) is 0 Å². The maximum absolute atomic E-state index is 12.2. The first-order valence-electron chi connectivity index (χ1n) is 7.54. The first kappa shape index (κ1) is 16.5. The Balaban J connectivity index is 2.00. The van der Waals surface area contributed by atoms with Crippen molar-refractivity contribution in [2.24, 2.45) is 5.73 Å². The van der Waals surface area contributed by atoms with Crippen LogP contribution in [0.5, 0.6) is 5.75 Å². The average Bonchev–Trinajstić information content (AvgIpc) is 2.56. The summed E-state index contributed by atoms with van der Waals surface area (Å²) in [5, 5.41) is 2.74. The number of primary amides is 1. The molecule has 0 aliphatic rings. The van der Waals surface area contributed by atoms with Crippen LogP contribution >= 0.6 is 0 Å². The first-order valence-corrected chi connectivity index (χ1v) is 7.54. The molecule has 2 aromatic rings. The summed E-state index contributed by atoms with van der Waals surface area (Å²) < 4.78 is 5.56. The van der Waals surface area contributed by atoms with Crippen LogP contribution in [0.2, 0.25) is 0 Å². The molecule has 0 heterocycles. The normalized spacial score (nSPS) is 10.1. The highest BCUT2D eigenvalue weighted by Gasteiger charge is 2.08. The predicted molar refractivity (Wildman–Crippen MR) is 89.8 cm³/mol. The summed E-state index contributed by atoms with van der Waals surface area (Å²) in [6.07, 6.45) is 2.07. The fraction of sp³-hybridized carbons (Fsp3) is 0.222. The zero-order valence-electron chi connectivity index (χ0n) is 13.0. The van der Waals surface area contributed by atoms with Gasteiger partial charge < -0.3 is 15.8 Å². The van der Waals surface area contributed by atoms with E-state index >= 15 is 0 Å². The number of benzene rings is 2. The summed E-state index contributed by atoms with van der Waals surface area (Å²) in [6.45, 7) is 2.77. The van der Waals surface area contributed by atoms with Crippen molar-refractivity contribution in [2.45, 2.75) is 19.8 Å². The zero-order valence-corrected chi connectivity index (χ0v) is 13.0. The van der Waals surface area contributed by atoms with Gasteiger partial charge in [-0.1, -0.05) is 19.4 Å². The molecular formula is C18H20N2O3. The van der Waals surface area contributed by atoms with E-state index in [1.807, 2.05) is 0 Å². The quantitative estimate of drug-likeness (QED) is 0.770. The van der Waals surface area contributed by atoms with Crippen LogP contribution in [-0.4, -0.2) is 18.4 Å². The van der Waals surface area contributed by atoms with Crippen LogP contribution in [0.1, 0.15) is 40.5 Å². The first-order chi connectivity index (χ1) is 11.1. The van der Waals surface area contributed by atoms with Gasteiger partial charge in [-0.05, 0) is 48.9 Å². The number of nitrogens with one attached hydrogen (secondary N) is 1. The molecule has 0 spiro atoms. The van der Waals surface area contributed by atoms with Crippen LogP contribution in [0, 0.1) is 0 Å². The lowest BCUT2D eigenvalue weighted by atomic mass is 10.1. The van der Waals surface area contributed by atoms with E-state index in [0.717, 1.165) is 18.6 Å². The van der Waals surface area contributed by atoms with Gasteiger partial charge in [0, 0.05) is 16.8 Å². The minimum absolute atomic E-state index is 0.258. The molecule has 2 aromatic carbocycles. The van der Waals surface area contributed by atoms with Crippen LogP contribution < -0.4 is 15.8 Å². The third-order valence-electron chi connectivity index (χ3n) is 3.29. The van der Waals surface area contributed by atoms with Crippen molar-refractivity contribution in [2.75, 3.05) is 11.9 Å². The van der Waals surface area contributed by atoms with Crippen molar-refractivity contribution >= 4 is 17.5 Å². The summed E-state index contributed by atoms with van der Waals surface area (Å²) >= 11 is 0. The number of amides is 2. The van der Waals surface area contributed by atoms with Gasteiger partial charge in [0.2, 0.25) is 5.91 Å². The molecule has 3 N–H and O–H groups in total. The lowest BCUT2D eigenvalue weighted by Gasteiger charge is -2.08. The van der Waals surface area contributed by atoms with Gasteiger partial charge in [-0.15, -0.1) is 0 Å². The lowest BCUT2D eigenvalue weighted by Crippen LogP contribution is -2.14. The van der Waals surface area contributed by atoms with E-state index in [1.165, 1.54) is 0 Å². The average molecular weight is 312 g/mol. The molecule has 0 saturated carbocycles. The maximum atomic E-state index is 12.2. The summed E-state index contributed by atoms with van der Waals surface area (Å²) in [6, 6.07) is 13.5. The minimum atomic E-state index is -0.533. The second-order valence-corrected chi connectivity index (χ2v) is 5.13. The van der Waals surface area contributed by atoms with E-state index in [2.05, 4.69) is 12.2 Å². The van der Waals surface area contributed by atoms with Gasteiger partial charge in [-0.3, -0.25) is 9.59 Å². The van der Waals surface area contributed by atoms with Crippen molar-refractivity contribution in [3.8, 4) is 5.75 Å². The van der Waals surface area contributed by atoms with Crippen LogP contribution in [0.15, 0.2) is 48.5 Å². The molecule has 0 unspecified atom stereocenters. The summed E-state index contributed by atoms with van der Waals surface area (Å²) in [7, 11) is 0. The van der Waals surface area contributed by atoms with Crippen molar-refractivity contribution in [3.63, 3.8) is 0 Å². The van der Waals surface area contributed by atoms with E-state index in [-0.39, 0.29) is 5.91 Å². The summed E-state index contributed by atoms with van der Waals surface area (Å²) in [4.78, 5) is 23.3. The molecule has 23 heavy (non-hydrogen) atoms. The number of carbonyl (C=O) groups is 2. The Morgan fingerprint density at radius 3 is 2.48 bits per heavy atom. The van der Waals surface area contributed by atoms with E-state index in [1.54, 1.807) is 48.5 Å². The summed E-state index contributed by atoms with van der Waals surface area (Å²) in [5.41, 5.74) is 6.61. The van der Waals surface area contributed by atoms with Crippen LogP contribution in [0.25, 0.3) is 0 Å². The molecule has 0 atom stereocenters. The standard InChI is InChI=1S/C18H20N2O3/c1-2-3-11-23-16-9-7-13(8-10-16)18(22)20-15-6-4-5-14(12-15)17(19)21/h4-10,12H,2-3,11H2,1H3,(H2,19,21)(H,20,22). The molecule has 2 amide bonds. The van der Waals surface area contributed by atoms with Gasteiger partial charge in [0.15, 0.2) is 0 Å². The number of carbonyl (C=O) groups excluding carboxylic acids is 2. The molecule has 0 saturated heterocycles. The second-order valence-electron chi connectivity index (χ2n) is 5.13. The molecule has 120 valence electrons. The fourth-order valence-electron chi connectivity index (χ4n) is 1.99. The molecule has 0 aliphatic carbocycles. The highest BCUT2D eigenvalue weighted by molar-refractivity contribution is 6.05. The van der Waals surface area contributed by atoms with E-state index in [0.29, 0.717) is 23.4 Å². The van der Waals surface area contributed by atoms with Crippen LogP contribution in [0.4, 0.5) is 5.69 Å². The molecule has 0 radical (unpaired) electrons. The largest absolute Gasteiger partial charge is 0.494 e. The van der Waals surface area contributed by atoms with Gasteiger partial charge in [-0.2, -0.15) is 0 Å². The monoisotopic (exact) mass is 312 g/mol. The molecule has 0 bridgehead atoms. The maximum Gasteiger partial charge on any atom is 0.255 e. The summed E-state index contributed by atoms with van der Waals surface area (Å²) in [5.74, 6) is -0.0489. The molecule has 0 fully saturated rings. The number of ether oxygens (including phenoxy) is 1. The van der Waals surface area contributed by atoms with E-state index in [9.17, 15) is 9.59 Å². The van der Waals surface area contributed by atoms with E-state index in [4.69, 9.17) is 10.5 Å². The number of unbranched alkanes of at least 4 members (excludes halogenated alkanes) is 1. The third kappa shape index (κ3) is 4.85. The lowest BCUT2D eigenvalue weighted by molar-refractivity contribution is 0.0996. The predicted octanol–water partition coefficient (Wildman–Crippen LogP) is 3.22. The molecule has 5 nitrogen and oxygen atoms in total. The van der Waals surface area contributed by atoms with Crippen LogP contribution in [0.3, 0.4) is 0 Å². The Bertz CT molecular complexity index is 681. The van der Waals surface area contributed by atoms with Crippen molar-refractivity contribution in [1.29, 1.82) is 0 Å². The molecule has 2 rings (SSSR count). The number of anilines is 1. The van der Waals surface area contributed by atoms with Crippen LogP contribution in [-0.2, 0) is 0 Å². The van der Waals surface area contributed by atoms with Gasteiger partial charge in [0.25, 0.3) is 5.91 Å². The SMILES string of the molecule is CCCCOc1ccc(C(=O)Nc2cccc(C(N)=O)c2)cc1. The Kier molecular flexibility index (Phi) is 5.74. The van der Waals surface area contributed by atoms with Gasteiger partial charge in [0.1, 0.15) is 5.75 Å². The van der Waals surface area contributed by atoms with Gasteiger partial charge in [0.05, 0.1) is 6.61 Å². The van der Waals surface area contributed by atoms with E-state index < -0.39 is 5.91 Å². The molecule has 0 aromatic heterocycles. The third-order valence-corrected chi connectivity index (χ3v) is 3.29. The molecular weight excluding hydrogens is 292 g/mol. The minimum Gasteiger partial charge on any atom is -0.494 e. The highest BCUT2D eigenvalue weighted by atomic mass is 16.5. The van der Waals surface area contributed by atoms with Crippen molar-refractivity contribution < 1.29 is 14.3 Å². The Morgan fingerprint density at radius 1 is 1.09 bits per heavy atom. The topological polar surface area (TPSA) is 81.4 Å². The molecule has 0 aliphatic heterocycles. The van der Waals surface area contributed by atoms with Crippen molar-refractivity contribution in [1.82, 2.24) is 0 Å². The number of nitrogens with two attached hydrogens (primary N) is 1. The zero-order chi connectivity index (χ0) is 16.7. The van der Waals surface area contributed by atoms with Crippen molar-refractivity contribution in [3.05, 3.63) is 59.7 Å². The Hall–Kier alpha value is -2.82. The Labute approximate surface area is 135 Å². The Morgan fingerprint density at radius 2 is 1.83 bits per heavy atom. The molecule has 5 heteroatoms. The second kappa shape index (κ2) is 7.98. The number of hydrogen-bond acceptors (Lipinski definition) is 3. The smallest absolute Gasteiger partial charge is 0.255 e. The van der Waals surface area contributed by atoms with Gasteiger partial charge >= 0.3 is 0 Å². The highest BCUT2D eigenvalue weighted by Crippen LogP contribution is 2.15. The fourth-order valence-corrected chi connectivity index (χ4v) is 1.99. The number of rotatable bonds is 7.